The van der Waals surface area contributed by atoms with E-state index in [1.807, 2.05) is 17.8 Å². The summed E-state index contributed by atoms with van der Waals surface area (Å²) < 4.78 is 0.966. The molecule has 0 aliphatic heterocycles. The highest BCUT2D eigenvalue weighted by Gasteiger charge is 2.12. The molecule has 1 aromatic carbocycles. The Morgan fingerprint density at radius 2 is 2.06 bits per heavy atom. The van der Waals surface area contributed by atoms with Crippen LogP contribution in [0.2, 0.25) is 0 Å². The molecule has 0 spiro atoms. The molecule has 17 heavy (non-hydrogen) atoms. The molecule has 1 aromatic rings. The maximum atomic E-state index is 9.58. The Morgan fingerprint density at radius 1 is 1.41 bits per heavy atom. The number of hydrogen-bond donors (Lipinski definition) is 1. The van der Waals surface area contributed by atoms with Crippen molar-refractivity contribution in [3.63, 3.8) is 0 Å². The molecule has 0 aliphatic rings. The van der Waals surface area contributed by atoms with Crippen LogP contribution < -0.4 is 4.90 Å². The topological polar surface area (TPSA) is 23.5 Å². The van der Waals surface area contributed by atoms with Crippen LogP contribution in [-0.2, 0) is 0 Å². The lowest BCUT2D eigenvalue weighted by molar-refractivity contribution is 0.198. The Kier molecular flexibility index (Phi) is 5.83. The van der Waals surface area contributed by atoms with Gasteiger partial charge in [0.15, 0.2) is 0 Å². The normalized spacial score (nSPS) is 14.5. The van der Waals surface area contributed by atoms with Gasteiger partial charge in [0.05, 0.1) is 6.10 Å². The molecule has 0 fully saturated rings. The van der Waals surface area contributed by atoms with Crippen molar-refractivity contribution in [2.75, 3.05) is 24.0 Å². The molecule has 4 heteroatoms. The Labute approximate surface area is 117 Å². The lowest BCUT2D eigenvalue weighted by Crippen LogP contribution is -2.30. The van der Waals surface area contributed by atoms with Gasteiger partial charge in [-0.15, -0.1) is 0 Å². The number of nitrogens with zero attached hydrogens (tertiary/aromatic N) is 1. The molecule has 0 amide bonds. The summed E-state index contributed by atoms with van der Waals surface area (Å²) in [6, 6.07) is 6.60. The van der Waals surface area contributed by atoms with E-state index in [1.54, 1.807) is 6.92 Å². The van der Waals surface area contributed by atoms with E-state index in [1.165, 1.54) is 5.69 Å². The van der Waals surface area contributed by atoms with E-state index in [-0.39, 0.29) is 0 Å². The van der Waals surface area contributed by atoms with Crippen molar-refractivity contribution >= 4 is 33.4 Å². The van der Waals surface area contributed by atoms with E-state index in [9.17, 15) is 5.11 Å². The number of thioether (sulfide) groups is 1. The largest absolute Gasteiger partial charge is 0.389 e. The van der Waals surface area contributed by atoms with Crippen molar-refractivity contribution in [2.45, 2.75) is 26.0 Å². The van der Waals surface area contributed by atoms with E-state index in [0.717, 1.165) is 15.8 Å². The molecule has 0 saturated carbocycles. The minimum atomic E-state index is -0.438. The van der Waals surface area contributed by atoms with E-state index in [2.05, 4.69) is 53.2 Å². The zero-order valence-electron chi connectivity index (χ0n) is 10.8. The molecule has 1 rings (SSSR count). The summed E-state index contributed by atoms with van der Waals surface area (Å²) in [5.41, 5.74) is 2.10. The van der Waals surface area contributed by atoms with Crippen molar-refractivity contribution in [2.24, 2.45) is 0 Å². The Bertz CT molecular complexity index is 370. The number of benzene rings is 1. The number of aliphatic hydroxyl groups excluding tert-OH is 1. The Hall–Kier alpha value is -0.190. The highest BCUT2D eigenvalue weighted by atomic mass is 79.9. The van der Waals surface area contributed by atoms with Crippen LogP contribution in [0.15, 0.2) is 22.7 Å². The molecule has 0 aliphatic carbocycles. The molecule has 0 saturated heterocycles. The van der Waals surface area contributed by atoms with Gasteiger partial charge in [-0.05, 0) is 37.8 Å². The van der Waals surface area contributed by atoms with Crippen molar-refractivity contribution in [1.82, 2.24) is 0 Å². The molecule has 0 radical (unpaired) electrons. The molecule has 96 valence electrons. The van der Waals surface area contributed by atoms with Gasteiger partial charge in [-0.25, -0.2) is 0 Å². The quantitative estimate of drug-likeness (QED) is 0.896. The fraction of sp³-hybridized carbons (Fsp3) is 0.538. The van der Waals surface area contributed by atoms with Gasteiger partial charge in [0, 0.05) is 29.0 Å². The number of hydrogen-bond acceptors (Lipinski definition) is 3. The first-order valence-corrected chi connectivity index (χ1v) is 7.85. The van der Waals surface area contributed by atoms with Gasteiger partial charge in [0.1, 0.15) is 0 Å². The van der Waals surface area contributed by atoms with Crippen LogP contribution in [0.5, 0.6) is 0 Å². The summed E-state index contributed by atoms with van der Waals surface area (Å²) in [5, 5.41) is 9.58. The predicted octanol–water partition coefficient (Wildman–Crippen LogP) is 3.69. The fourth-order valence-electron chi connectivity index (χ4n) is 1.68. The van der Waals surface area contributed by atoms with Gasteiger partial charge < -0.3 is 10.0 Å². The van der Waals surface area contributed by atoms with Crippen LogP contribution in [0, 0.1) is 0 Å². The highest BCUT2D eigenvalue weighted by Crippen LogP contribution is 2.28. The summed E-state index contributed by atoms with van der Waals surface area (Å²) >= 11 is 5.36. The fourth-order valence-corrected chi connectivity index (χ4v) is 3.09. The maximum absolute atomic E-state index is 9.58. The summed E-state index contributed by atoms with van der Waals surface area (Å²) in [4.78, 5) is 2.26. The maximum Gasteiger partial charge on any atom is 0.0772 e. The minimum absolute atomic E-state index is 0.438. The molecular formula is C13H20BrNOS. The SMILES string of the molecule is CSCC(C)N(C)c1ccc([C@H](C)O)c(Br)c1. The monoisotopic (exact) mass is 317 g/mol. The second kappa shape index (κ2) is 6.66. The number of anilines is 1. The van der Waals surface area contributed by atoms with Crippen molar-refractivity contribution in [1.29, 1.82) is 0 Å². The average molecular weight is 318 g/mol. The second-order valence-corrected chi connectivity index (χ2v) is 6.06. The Morgan fingerprint density at radius 3 is 2.53 bits per heavy atom. The van der Waals surface area contributed by atoms with Gasteiger partial charge in [0.25, 0.3) is 0 Å². The molecular weight excluding hydrogens is 298 g/mol. The second-order valence-electron chi connectivity index (χ2n) is 4.30. The summed E-state index contributed by atoms with van der Waals surface area (Å²) in [5.74, 6) is 1.10. The van der Waals surface area contributed by atoms with E-state index >= 15 is 0 Å². The molecule has 1 unspecified atom stereocenters. The van der Waals surface area contributed by atoms with Crippen LogP contribution in [0.25, 0.3) is 0 Å². The summed E-state index contributed by atoms with van der Waals surface area (Å²) in [6.45, 7) is 3.99. The third-order valence-electron chi connectivity index (χ3n) is 2.91. The van der Waals surface area contributed by atoms with Crippen LogP contribution in [0.1, 0.15) is 25.5 Å². The van der Waals surface area contributed by atoms with Crippen LogP contribution in [-0.4, -0.2) is 30.2 Å². The summed E-state index contributed by atoms with van der Waals surface area (Å²) in [6.07, 6.45) is 1.68. The number of rotatable bonds is 5. The van der Waals surface area contributed by atoms with Gasteiger partial charge in [-0.1, -0.05) is 22.0 Å². The lowest BCUT2D eigenvalue weighted by atomic mass is 10.1. The van der Waals surface area contributed by atoms with Gasteiger partial charge in [-0.2, -0.15) is 11.8 Å². The standard InChI is InChI=1S/C13H20BrNOS/c1-9(8-17-4)15(3)11-5-6-12(10(2)16)13(14)7-11/h5-7,9-10,16H,8H2,1-4H3/t9?,10-/m0/s1. The third kappa shape index (κ3) is 3.90. The molecule has 1 N–H and O–H groups in total. The lowest BCUT2D eigenvalue weighted by Gasteiger charge is -2.27. The van der Waals surface area contributed by atoms with E-state index < -0.39 is 6.10 Å². The summed E-state index contributed by atoms with van der Waals surface area (Å²) in [7, 11) is 2.10. The zero-order valence-corrected chi connectivity index (χ0v) is 13.2. The van der Waals surface area contributed by atoms with Crippen LogP contribution >= 0.6 is 27.7 Å². The van der Waals surface area contributed by atoms with E-state index in [4.69, 9.17) is 0 Å². The zero-order chi connectivity index (χ0) is 13.0. The van der Waals surface area contributed by atoms with E-state index in [0.29, 0.717) is 6.04 Å². The molecule has 0 bridgehead atoms. The molecule has 0 heterocycles. The van der Waals surface area contributed by atoms with Crippen molar-refractivity contribution in [3.05, 3.63) is 28.2 Å². The average Bonchev–Trinajstić information content (AvgIpc) is 2.27. The van der Waals surface area contributed by atoms with Gasteiger partial charge in [-0.3, -0.25) is 0 Å². The smallest absolute Gasteiger partial charge is 0.0772 e. The Balaban J connectivity index is 2.89. The van der Waals surface area contributed by atoms with Crippen molar-refractivity contribution < 1.29 is 5.11 Å². The minimum Gasteiger partial charge on any atom is -0.389 e. The first-order valence-electron chi connectivity index (χ1n) is 5.66. The molecule has 2 atom stereocenters. The first-order chi connectivity index (χ1) is 7.97. The molecule has 0 aromatic heterocycles. The van der Waals surface area contributed by atoms with Gasteiger partial charge >= 0.3 is 0 Å². The molecule has 2 nitrogen and oxygen atoms in total. The van der Waals surface area contributed by atoms with Crippen molar-refractivity contribution in [3.8, 4) is 0 Å². The third-order valence-corrected chi connectivity index (χ3v) is 4.41. The number of aliphatic hydroxyl groups is 1. The van der Waals surface area contributed by atoms with Crippen LogP contribution in [0.3, 0.4) is 0 Å². The highest BCUT2D eigenvalue weighted by molar-refractivity contribution is 9.10. The van der Waals surface area contributed by atoms with Gasteiger partial charge in [0.2, 0.25) is 0 Å². The van der Waals surface area contributed by atoms with Crippen LogP contribution in [0.4, 0.5) is 5.69 Å². The number of halogens is 1. The predicted molar refractivity (Wildman–Crippen MR) is 81.0 cm³/mol. The first kappa shape index (κ1) is 14.9.